The molecule has 2 rings (SSSR count). The average Bonchev–Trinajstić information content (AvgIpc) is 2.39. The van der Waals surface area contributed by atoms with Crippen LogP contribution in [0.4, 0.5) is 23.0 Å². The first-order chi connectivity index (χ1) is 9.46. The maximum atomic E-state index is 6.06. The van der Waals surface area contributed by atoms with Crippen LogP contribution in [0.3, 0.4) is 0 Å². The predicted molar refractivity (Wildman–Crippen MR) is 83.5 cm³/mol. The molecule has 6 nitrogen and oxygen atoms in total. The van der Waals surface area contributed by atoms with Crippen LogP contribution in [0, 0.1) is 0 Å². The Morgan fingerprint density at radius 3 is 2.25 bits per heavy atom. The Hall–Kier alpha value is -2.50. The van der Waals surface area contributed by atoms with Crippen molar-refractivity contribution in [2.75, 3.05) is 21.9 Å². The molecule has 0 amide bonds. The number of anilines is 4. The second-order valence-corrected chi connectivity index (χ2v) is 5.48. The standard InChI is InChI=1S/C14H20N6/c1-14(2,3)18-12-11(15)13(17-9-16-12)20-19-10-7-5-4-6-8-10/h4-9,19H,15H2,1-3H3,(H2,16,17,18,20). The number of hydrazine groups is 1. The number of para-hydroxylation sites is 1. The van der Waals surface area contributed by atoms with E-state index in [0.29, 0.717) is 17.3 Å². The van der Waals surface area contributed by atoms with Crippen LogP contribution in [-0.2, 0) is 0 Å². The first kappa shape index (κ1) is 13.9. The van der Waals surface area contributed by atoms with E-state index >= 15 is 0 Å². The van der Waals surface area contributed by atoms with Gasteiger partial charge >= 0.3 is 0 Å². The van der Waals surface area contributed by atoms with Gasteiger partial charge in [0.2, 0.25) is 0 Å². The summed E-state index contributed by atoms with van der Waals surface area (Å²) in [5.41, 5.74) is 13.4. The fraction of sp³-hybridized carbons (Fsp3) is 0.286. The summed E-state index contributed by atoms with van der Waals surface area (Å²) < 4.78 is 0. The molecule has 0 aliphatic heterocycles. The lowest BCUT2D eigenvalue weighted by atomic mass is 10.1. The van der Waals surface area contributed by atoms with Gasteiger partial charge in [-0.05, 0) is 32.9 Å². The fourth-order valence-electron chi connectivity index (χ4n) is 1.60. The van der Waals surface area contributed by atoms with Gasteiger partial charge in [-0.1, -0.05) is 18.2 Å². The van der Waals surface area contributed by atoms with Gasteiger partial charge < -0.3 is 11.1 Å². The number of benzene rings is 1. The Bertz CT molecular complexity index is 562. The molecule has 20 heavy (non-hydrogen) atoms. The Balaban J connectivity index is 2.11. The molecular formula is C14H20N6. The van der Waals surface area contributed by atoms with Crippen LogP contribution in [0.2, 0.25) is 0 Å². The zero-order valence-corrected chi connectivity index (χ0v) is 11.9. The van der Waals surface area contributed by atoms with Crippen LogP contribution >= 0.6 is 0 Å². The molecule has 0 radical (unpaired) electrons. The second-order valence-electron chi connectivity index (χ2n) is 5.48. The van der Waals surface area contributed by atoms with E-state index in [1.807, 2.05) is 51.1 Å². The summed E-state index contributed by atoms with van der Waals surface area (Å²) in [4.78, 5) is 8.30. The van der Waals surface area contributed by atoms with Crippen LogP contribution in [0.5, 0.6) is 0 Å². The van der Waals surface area contributed by atoms with E-state index in [2.05, 4.69) is 26.1 Å². The van der Waals surface area contributed by atoms with Crippen LogP contribution < -0.4 is 21.9 Å². The lowest BCUT2D eigenvalue weighted by Crippen LogP contribution is -2.27. The summed E-state index contributed by atoms with van der Waals surface area (Å²) in [7, 11) is 0. The zero-order chi connectivity index (χ0) is 14.6. The third-order valence-electron chi connectivity index (χ3n) is 2.48. The summed E-state index contributed by atoms with van der Waals surface area (Å²) >= 11 is 0. The molecule has 0 atom stereocenters. The highest BCUT2D eigenvalue weighted by Crippen LogP contribution is 2.25. The van der Waals surface area contributed by atoms with E-state index in [4.69, 9.17) is 5.73 Å². The molecule has 0 aliphatic carbocycles. The van der Waals surface area contributed by atoms with Gasteiger partial charge in [-0.2, -0.15) is 0 Å². The number of nitrogen functional groups attached to an aromatic ring is 1. The Morgan fingerprint density at radius 1 is 0.950 bits per heavy atom. The minimum Gasteiger partial charge on any atom is -0.393 e. The third-order valence-corrected chi connectivity index (χ3v) is 2.48. The first-order valence-electron chi connectivity index (χ1n) is 6.41. The van der Waals surface area contributed by atoms with E-state index in [9.17, 15) is 0 Å². The first-order valence-corrected chi connectivity index (χ1v) is 6.41. The normalized spacial score (nSPS) is 10.9. The predicted octanol–water partition coefficient (Wildman–Crippen LogP) is 2.71. The highest BCUT2D eigenvalue weighted by Gasteiger charge is 2.14. The molecule has 0 spiro atoms. The minimum atomic E-state index is -0.118. The summed E-state index contributed by atoms with van der Waals surface area (Å²) in [5, 5.41) is 3.24. The summed E-state index contributed by atoms with van der Waals surface area (Å²) in [6.07, 6.45) is 1.47. The number of nitrogens with two attached hydrogens (primary N) is 1. The van der Waals surface area contributed by atoms with Crippen molar-refractivity contribution in [2.24, 2.45) is 0 Å². The highest BCUT2D eigenvalue weighted by atomic mass is 15.4. The Morgan fingerprint density at radius 2 is 1.60 bits per heavy atom. The molecule has 6 heteroatoms. The van der Waals surface area contributed by atoms with Crippen molar-refractivity contribution in [1.82, 2.24) is 9.97 Å². The van der Waals surface area contributed by atoms with Gasteiger partial charge in [-0.3, -0.25) is 10.9 Å². The van der Waals surface area contributed by atoms with E-state index in [1.165, 1.54) is 6.33 Å². The number of rotatable bonds is 4. The van der Waals surface area contributed by atoms with Crippen molar-refractivity contribution in [3.05, 3.63) is 36.7 Å². The van der Waals surface area contributed by atoms with E-state index in [1.54, 1.807) is 0 Å². The van der Waals surface area contributed by atoms with Gasteiger partial charge in [0.15, 0.2) is 11.6 Å². The molecule has 0 aliphatic rings. The number of aromatic nitrogens is 2. The number of hydrogen-bond donors (Lipinski definition) is 4. The SMILES string of the molecule is CC(C)(C)Nc1ncnc(NNc2ccccc2)c1N. The largest absolute Gasteiger partial charge is 0.393 e. The monoisotopic (exact) mass is 272 g/mol. The van der Waals surface area contributed by atoms with Crippen molar-refractivity contribution in [3.8, 4) is 0 Å². The molecular weight excluding hydrogens is 252 g/mol. The van der Waals surface area contributed by atoms with Crippen LogP contribution in [-0.4, -0.2) is 15.5 Å². The van der Waals surface area contributed by atoms with Crippen molar-refractivity contribution in [2.45, 2.75) is 26.3 Å². The van der Waals surface area contributed by atoms with Crippen molar-refractivity contribution in [1.29, 1.82) is 0 Å². The van der Waals surface area contributed by atoms with Gasteiger partial charge in [-0.15, -0.1) is 0 Å². The molecule has 2 aromatic rings. The van der Waals surface area contributed by atoms with Crippen LogP contribution in [0.25, 0.3) is 0 Å². The lowest BCUT2D eigenvalue weighted by molar-refractivity contribution is 0.630. The third kappa shape index (κ3) is 3.74. The molecule has 1 aromatic carbocycles. The maximum absolute atomic E-state index is 6.06. The van der Waals surface area contributed by atoms with Gasteiger partial charge in [0.05, 0.1) is 5.69 Å². The number of nitrogens with one attached hydrogen (secondary N) is 3. The summed E-state index contributed by atoms with van der Waals surface area (Å²) in [5.74, 6) is 1.15. The molecule has 0 saturated heterocycles. The Kier molecular flexibility index (Phi) is 3.93. The van der Waals surface area contributed by atoms with E-state index < -0.39 is 0 Å². The molecule has 0 unspecified atom stereocenters. The van der Waals surface area contributed by atoms with Crippen molar-refractivity contribution < 1.29 is 0 Å². The van der Waals surface area contributed by atoms with Gasteiger partial charge in [0, 0.05) is 5.54 Å². The highest BCUT2D eigenvalue weighted by molar-refractivity contribution is 5.75. The fourth-order valence-corrected chi connectivity index (χ4v) is 1.60. The molecule has 106 valence electrons. The Labute approximate surface area is 118 Å². The van der Waals surface area contributed by atoms with Crippen LogP contribution in [0.1, 0.15) is 20.8 Å². The molecule has 0 saturated carbocycles. The second kappa shape index (κ2) is 5.64. The molecule has 0 bridgehead atoms. The number of hydrogen-bond acceptors (Lipinski definition) is 6. The van der Waals surface area contributed by atoms with Crippen LogP contribution in [0.15, 0.2) is 36.7 Å². The topological polar surface area (TPSA) is 87.9 Å². The summed E-state index contributed by atoms with van der Waals surface area (Å²) in [6, 6.07) is 9.73. The number of nitrogens with zero attached hydrogens (tertiary/aromatic N) is 2. The molecule has 1 heterocycles. The van der Waals surface area contributed by atoms with Crippen molar-refractivity contribution in [3.63, 3.8) is 0 Å². The zero-order valence-electron chi connectivity index (χ0n) is 11.9. The molecule has 1 aromatic heterocycles. The average molecular weight is 272 g/mol. The quantitative estimate of drug-likeness (QED) is 0.640. The van der Waals surface area contributed by atoms with Gasteiger partial charge in [0.1, 0.15) is 12.0 Å². The van der Waals surface area contributed by atoms with E-state index in [-0.39, 0.29) is 5.54 Å². The van der Waals surface area contributed by atoms with Gasteiger partial charge in [0.25, 0.3) is 0 Å². The molecule has 5 N–H and O–H groups in total. The van der Waals surface area contributed by atoms with Crippen molar-refractivity contribution >= 4 is 23.0 Å². The van der Waals surface area contributed by atoms with E-state index in [0.717, 1.165) is 5.69 Å². The van der Waals surface area contributed by atoms with Gasteiger partial charge in [-0.25, -0.2) is 9.97 Å². The maximum Gasteiger partial charge on any atom is 0.173 e. The molecule has 0 fully saturated rings. The lowest BCUT2D eigenvalue weighted by Gasteiger charge is -2.23. The summed E-state index contributed by atoms with van der Waals surface area (Å²) in [6.45, 7) is 6.14. The minimum absolute atomic E-state index is 0.118. The smallest absolute Gasteiger partial charge is 0.173 e.